The fraction of sp³-hybridized carbons (Fsp3) is 0.462. The van der Waals surface area contributed by atoms with E-state index in [4.69, 9.17) is 10.9 Å². The highest BCUT2D eigenvalue weighted by Gasteiger charge is 2.12. The Morgan fingerprint density at radius 1 is 1.32 bits per heavy atom. The van der Waals surface area contributed by atoms with E-state index in [1.165, 1.54) is 6.07 Å². The number of amidine groups is 1. The van der Waals surface area contributed by atoms with Crippen LogP contribution in [0.5, 0.6) is 0 Å². The van der Waals surface area contributed by atoms with Gasteiger partial charge in [-0.05, 0) is 27.2 Å². The summed E-state index contributed by atoms with van der Waals surface area (Å²) < 4.78 is 14.2. The Labute approximate surface area is 113 Å². The number of oxime groups is 1. The molecule has 1 rings (SSSR count). The molecule has 0 fully saturated rings. The number of hydrogen-bond acceptors (Lipinski definition) is 4. The van der Waals surface area contributed by atoms with Gasteiger partial charge >= 0.3 is 0 Å². The highest BCUT2D eigenvalue weighted by molar-refractivity contribution is 5.97. The Kier molecular flexibility index (Phi) is 5.72. The lowest BCUT2D eigenvalue weighted by molar-refractivity contribution is 0.273. The van der Waals surface area contributed by atoms with Gasteiger partial charge in [-0.15, -0.1) is 0 Å². The summed E-state index contributed by atoms with van der Waals surface area (Å²) in [6, 6.07) is 4.90. The van der Waals surface area contributed by atoms with E-state index in [9.17, 15) is 4.39 Å². The zero-order valence-electron chi connectivity index (χ0n) is 11.6. The van der Waals surface area contributed by atoms with Gasteiger partial charge in [-0.3, -0.25) is 0 Å². The van der Waals surface area contributed by atoms with Crippen molar-refractivity contribution in [3.8, 4) is 0 Å². The predicted molar refractivity (Wildman–Crippen MR) is 73.8 cm³/mol. The van der Waals surface area contributed by atoms with Crippen molar-refractivity contribution in [1.29, 1.82) is 0 Å². The zero-order chi connectivity index (χ0) is 14.4. The minimum Gasteiger partial charge on any atom is -0.409 e. The van der Waals surface area contributed by atoms with Crippen molar-refractivity contribution in [1.82, 2.24) is 9.80 Å². The minimum absolute atomic E-state index is 0.126. The molecule has 0 unspecified atom stereocenters. The SMILES string of the molecule is CN(C)CCN(C)Cc1cccc(/C(N)=N/O)c1F. The second kappa shape index (κ2) is 7.06. The molecular formula is C13H21FN4O. The first-order valence-corrected chi connectivity index (χ1v) is 6.04. The molecule has 0 bridgehead atoms. The Bertz CT molecular complexity index is 448. The Balaban J connectivity index is 2.79. The molecular weight excluding hydrogens is 247 g/mol. The van der Waals surface area contributed by atoms with Gasteiger partial charge in [-0.25, -0.2) is 4.39 Å². The van der Waals surface area contributed by atoms with Crippen molar-refractivity contribution in [3.05, 3.63) is 35.1 Å². The van der Waals surface area contributed by atoms with Gasteiger partial charge in [-0.2, -0.15) is 0 Å². The predicted octanol–water partition coefficient (Wildman–Crippen LogP) is 0.914. The molecule has 5 nitrogen and oxygen atoms in total. The number of nitrogens with zero attached hydrogens (tertiary/aromatic N) is 3. The summed E-state index contributed by atoms with van der Waals surface area (Å²) in [6.07, 6.45) is 0. The Morgan fingerprint density at radius 3 is 2.58 bits per heavy atom. The molecule has 6 heteroatoms. The van der Waals surface area contributed by atoms with Gasteiger partial charge < -0.3 is 20.7 Å². The maximum absolute atomic E-state index is 14.2. The van der Waals surface area contributed by atoms with Crippen LogP contribution in [0.25, 0.3) is 0 Å². The fourth-order valence-electron chi connectivity index (χ4n) is 1.69. The van der Waals surface area contributed by atoms with Crippen LogP contribution in [0.4, 0.5) is 4.39 Å². The third kappa shape index (κ3) is 4.50. The van der Waals surface area contributed by atoms with Crippen LogP contribution < -0.4 is 5.73 Å². The van der Waals surface area contributed by atoms with E-state index in [2.05, 4.69) is 10.1 Å². The number of likely N-dealkylation sites (N-methyl/N-ethyl adjacent to an activating group) is 2. The number of nitrogens with two attached hydrogens (primary N) is 1. The lowest BCUT2D eigenvalue weighted by Crippen LogP contribution is -2.28. The molecule has 0 radical (unpaired) electrons. The van der Waals surface area contributed by atoms with Gasteiger partial charge in [0.15, 0.2) is 5.84 Å². The Morgan fingerprint density at radius 2 is 2.00 bits per heavy atom. The van der Waals surface area contributed by atoms with Crippen molar-refractivity contribution >= 4 is 5.84 Å². The summed E-state index contributed by atoms with van der Waals surface area (Å²) in [4.78, 5) is 4.09. The highest BCUT2D eigenvalue weighted by Crippen LogP contribution is 2.14. The number of hydrogen-bond donors (Lipinski definition) is 2. The molecule has 0 aromatic heterocycles. The van der Waals surface area contributed by atoms with Gasteiger partial charge in [-0.1, -0.05) is 17.3 Å². The molecule has 19 heavy (non-hydrogen) atoms. The van der Waals surface area contributed by atoms with Gasteiger partial charge in [0.1, 0.15) is 5.82 Å². The van der Waals surface area contributed by atoms with Crippen LogP contribution in [0.3, 0.4) is 0 Å². The van der Waals surface area contributed by atoms with E-state index in [1.807, 2.05) is 26.0 Å². The maximum Gasteiger partial charge on any atom is 0.173 e. The molecule has 1 aromatic carbocycles. The topological polar surface area (TPSA) is 65.1 Å². The molecule has 0 saturated carbocycles. The van der Waals surface area contributed by atoms with E-state index in [-0.39, 0.29) is 11.4 Å². The van der Waals surface area contributed by atoms with Gasteiger partial charge in [0.2, 0.25) is 0 Å². The molecule has 3 N–H and O–H groups in total. The largest absolute Gasteiger partial charge is 0.409 e. The summed E-state index contributed by atoms with van der Waals surface area (Å²) in [6.45, 7) is 2.21. The number of benzene rings is 1. The molecule has 0 spiro atoms. The third-order valence-corrected chi connectivity index (χ3v) is 2.83. The molecule has 0 aliphatic rings. The molecule has 106 valence electrons. The smallest absolute Gasteiger partial charge is 0.173 e. The molecule has 1 aromatic rings. The second-order valence-electron chi connectivity index (χ2n) is 4.80. The average molecular weight is 268 g/mol. The van der Waals surface area contributed by atoms with E-state index in [0.717, 1.165) is 13.1 Å². The van der Waals surface area contributed by atoms with Crippen LogP contribution in [0, 0.1) is 5.82 Å². The lowest BCUT2D eigenvalue weighted by atomic mass is 10.1. The fourth-order valence-corrected chi connectivity index (χ4v) is 1.69. The van der Waals surface area contributed by atoms with E-state index >= 15 is 0 Å². The summed E-state index contributed by atoms with van der Waals surface area (Å²) in [5, 5.41) is 11.4. The van der Waals surface area contributed by atoms with Crippen molar-refractivity contribution in [3.63, 3.8) is 0 Å². The van der Waals surface area contributed by atoms with Crippen LogP contribution in [-0.2, 0) is 6.54 Å². The van der Waals surface area contributed by atoms with Crippen molar-refractivity contribution in [2.75, 3.05) is 34.2 Å². The first-order chi connectivity index (χ1) is 8.95. The van der Waals surface area contributed by atoms with Crippen molar-refractivity contribution in [2.45, 2.75) is 6.54 Å². The van der Waals surface area contributed by atoms with Gasteiger partial charge in [0.05, 0.1) is 5.56 Å². The first kappa shape index (κ1) is 15.4. The van der Waals surface area contributed by atoms with Gasteiger partial charge in [0.25, 0.3) is 0 Å². The molecule has 0 atom stereocenters. The summed E-state index contributed by atoms with van der Waals surface area (Å²) in [5.41, 5.74) is 6.09. The summed E-state index contributed by atoms with van der Waals surface area (Å²) in [7, 11) is 5.92. The average Bonchev–Trinajstić information content (AvgIpc) is 2.38. The standard InChI is InChI=1S/C13H21FN4O/c1-17(2)7-8-18(3)9-10-5-4-6-11(12(10)14)13(15)16-19/h4-6,19H,7-9H2,1-3H3,(H2,15,16). The normalized spacial score (nSPS) is 12.4. The summed E-state index contributed by atoms with van der Waals surface area (Å²) in [5.74, 6) is -0.648. The molecule has 0 amide bonds. The second-order valence-corrected chi connectivity index (χ2v) is 4.80. The van der Waals surface area contributed by atoms with Crippen LogP contribution in [0.2, 0.25) is 0 Å². The van der Waals surface area contributed by atoms with Crippen LogP contribution in [0.1, 0.15) is 11.1 Å². The van der Waals surface area contributed by atoms with Gasteiger partial charge in [0, 0.05) is 25.2 Å². The molecule has 0 aliphatic carbocycles. The lowest BCUT2D eigenvalue weighted by Gasteiger charge is -2.20. The minimum atomic E-state index is -0.436. The first-order valence-electron chi connectivity index (χ1n) is 6.04. The molecule has 0 aliphatic heterocycles. The van der Waals surface area contributed by atoms with E-state index in [0.29, 0.717) is 12.1 Å². The van der Waals surface area contributed by atoms with Crippen molar-refractivity contribution < 1.29 is 9.60 Å². The number of rotatable bonds is 6. The van der Waals surface area contributed by atoms with E-state index in [1.54, 1.807) is 12.1 Å². The monoisotopic (exact) mass is 268 g/mol. The zero-order valence-corrected chi connectivity index (χ0v) is 11.6. The number of halogens is 1. The highest BCUT2D eigenvalue weighted by atomic mass is 19.1. The third-order valence-electron chi connectivity index (χ3n) is 2.83. The molecule has 0 heterocycles. The molecule has 0 saturated heterocycles. The summed E-state index contributed by atoms with van der Waals surface area (Å²) >= 11 is 0. The van der Waals surface area contributed by atoms with Crippen LogP contribution >= 0.6 is 0 Å². The maximum atomic E-state index is 14.2. The quantitative estimate of drug-likeness (QED) is 0.348. The Hall–Kier alpha value is -1.66. The van der Waals surface area contributed by atoms with Crippen LogP contribution in [-0.4, -0.2) is 55.1 Å². The van der Waals surface area contributed by atoms with E-state index < -0.39 is 5.82 Å². The van der Waals surface area contributed by atoms with Crippen molar-refractivity contribution in [2.24, 2.45) is 10.9 Å². The van der Waals surface area contributed by atoms with Crippen LogP contribution in [0.15, 0.2) is 23.4 Å².